The summed E-state index contributed by atoms with van der Waals surface area (Å²) < 4.78 is 5.20. The lowest BCUT2D eigenvalue weighted by Gasteiger charge is -2.15. The number of rotatable bonds is 3. The first-order chi connectivity index (χ1) is 7.66. The first kappa shape index (κ1) is 11.6. The molecule has 0 saturated carbocycles. The van der Waals surface area contributed by atoms with Gasteiger partial charge in [-0.3, -0.25) is 0 Å². The first-order valence-electron chi connectivity index (χ1n) is 5.72. The van der Waals surface area contributed by atoms with Crippen LogP contribution in [0.1, 0.15) is 16.7 Å². The number of nitrogens with one attached hydrogen (secondary N) is 1. The van der Waals surface area contributed by atoms with Crippen molar-refractivity contribution in [2.24, 2.45) is 0 Å². The van der Waals surface area contributed by atoms with E-state index in [-0.39, 0.29) is 12.1 Å². The Hall–Kier alpha value is -0.900. The molecule has 2 N–H and O–H groups in total. The van der Waals surface area contributed by atoms with Gasteiger partial charge in [-0.2, -0.15) is 0 Å². The van der Waals surface area contributed by atoms with E-state index in [1.807, 2.05) is 0 Å². The third kappa shape index (κ3) is 2.61. The number of benzene rings is 1. The lowest BCUT2D eigenvalue weighted by Crippen LogP contribution is -2.38. The van der Waals surface area contributed by atoms with Crippen molar-refractivity contribution in [1.82, 2.24) is 5.32 Å². The minimum Gasteiger partial charge on any atom is -0.389 e. The van der Waals surface area contributed by atoms with Crippen molar-refractivity contribution in [1.29, 1.82) is 0 Å². The van der Waals surface area contributed by atoms with Crippen molar-refractivity contribution in [2.45, 2.75) is 32.5 Å². The van der Waals surface area contributed by atoms with Crippen molar-refractivity contribution >= 4 is 0 Å². The number of hydrogen-bond acceptors (Lipinski definition) is 3. The third-order valence-corrected chi connectivity index (χ3v) is 3.11. The Labute approximate surface area is 96.4 Å². The van der Waals surface area contributed by atoms with Crippen LogP contribution < -0.4 is 5.32 Å². The molecule has 0 amide bonds. The second-order valence-corrected chi connectivity index (χ2v) is 4.52. The summed E-state index contributed by atoms with van der Waals surface area (Å²) in [7, 11) is 0. The molecule has 1 aromatic carbocycles. The van der Waals surface area contributed by atoms with Crippen LogP contribution in [0.25, 0.3) is 0 Å². The fraction of sp³-hybridized carbons (Fsp3) is 0.538. The van der Waals surface area contributed by atoms with Gasteiger partial charge < -0.3 is 15.2 Å². The fourth-order valence-corrected chi connectivity index (χ4v) is 1.97. The molecular formula is C13H19NO2. The van der Waals surface area contributed by atoms with E-state index in [1.54, 1.807) is 0 Å². The minimum absolute atomic E-state index is 0.0694. The van der Waals surface area contributed by atoms with Gasteiger partial charge in [0.15, 0.2) is 0 Å². The number of aliphatic hydroxyl groups is 1. The van der Waals surface area contributed by atoms with Crippen LogP contribution in [0.4, 0.5) is 0 Å². The normalized spacial score (nSPS) is 24.9. The molecule has 3 heteroatoms. The summed E-state index contributed by atoms with van der Waals surface area (Å²) in [5.41, 5.74) is 3.84. The third-order valence-electron chi connectivity index (χ3n) is 3.11. The van der Waals surface area contributed by atoms with Gasteiger partial charge in [-0.15, -0.1) is 0 Å². The second kappa shape index (κ2) is 4.95. The quantitative estimate of drug-likeness (QED) is 0.804. The molecule has 2 rings (SSSR count). The molecule has 0 spiro atoms. The van der Waals surface area contributed by atoms with Gasteiger partial charge in [-0.25, -0.2) is 0 Å². The summed E-state index contributed by atoms with van der Waals surface area (Å²) in [6.45, 7) is 6.05. The molecule has 1 saturated heterocycles. The molecule has 0 radical (unpaired) electrons. The Morgan fingerprint density at radius 1 is 1.38 bits per heavy atom. The maximum atomic E-state index is 9.60. The number of hydrogen-bond donors (Lipinski definition) is 2. The molecule has 1 heterocycles. The van der Waals surface area contributed by atoms with E-state index in [4.69, 9.17) is 4.74 Å². The van der Waals surface area contributed by atoms with Crippen molar-refractivity contribution in [3.63, 3.8) is 0 Å². The van der Waals surface area contributed by atoms with Gasteiger partial charge >= 0.3 is 0 Å². The zero-order chi connectivity index (χ0) is 11.5. The molecule has 16 heavy (non-hydrogen) atoms. The summed E-state index contributed by atoms with van der Waals surface area (Å²) in [5.74, 6) is 0. The smallest absolute Gasteiger partial charge is 0.0948 e. The Balaban J connectivity index is 1.96. The second-order valence-electron chi connectivity index (χ2n) is 4.52. The molecule has 2 unspecified atom stereocenters. The predicted molar refractivity (Wildman–Crippen MR) is 63.4 cm³/mol. The summed E-state index contributed by atoms with van der Waals surface area (Å²) >= 11 is 0. The highest BCUT2D eigenvalue weighted by atomic mass is 16.5. The van der Waals surface area contributed by atoms with E-state index >= 15 is 0 Å². The largest absolute Gasteiger partial charge is 0.389 e. The van der Waals surface area contributed by atoms with Gasteiger partial charge in [0, 0.05) is 6.54 Å². The fourth-order valence-electron chi connectivity index (χ4n) is 1.97. The molecule has 0 aliphatic carbocycles. The van der Waals surface area contributed by atoms with Crippen LogP contribution >= 0.6 is 0 Å². The van der Waals surface area contributed by atoms with E-state index in [1.165, 1.54) is 16.7 Å². The van der Waals surface area contributed by atoms with Gasteiger partial charge in [0.2, 0.25) is 0 Å². The van der Waals surface area contributed by atoms with Gasteiger partial charge in [0.25, 0.3) is 0 Å². The molecule has 88 valence electrons. The standard InChI is InChI=1S/C13H19NO2/c1-9-3-4-10(2)11(5-9)6-14-12-7-16-8-13(12)15/h3-5,12-15H,6-8H2,1-2H3. The van der Waals surface area contributed by atoms with Crippen molar-refractivity contribution < 1.29 is 9.84 Å². The van der Waals surface area contributed by atoms with Crippen LogP contribution in [0.15, 0.2) is 18.2 Å². The Bertz CT molecular complexity index is 365. The molecule has 0 aromatic heterocycles. The average molecular weight is 221 g/mol. The molecule has 1 aliphatic heterocycles. The summed E-state index contributed by atoms with van der Waals surface area (Å²) in [5, 5.41) is 12.9. The maximum absolute atomic E-state index is 9.60. The van der Waals surface area contributed by atoms with Crippen LogP contribution in [0.3, 0.4) is 0 Å². The minimum atomic E-state index is -0.370. The summed E-state index contributed by atoms with van der Waals surface area (Å²) in [6.07, 6.45) is -0.370. The summed E-state index contributed by atoms with van der Waals surface area (Å²) in [4.78, 5) is 0. The van der Waals surface area contributed by atoms with Gasteiger partial charge in [-0.05, 0) is 25.0 Å². The summed E-state index contributed by atoms with van der Waals surface area (Å²) in [6, 6.07) is 6.50. The zero-order valence-corrected chi connectivity index (χ0v) is 9.86. The van der Waals surface area contributed by atoms with Crippen LogP contribution in [-0.2, 0) is 11.3 Å². The maximum Gasteiger partial charge on any atom is 0.0948 e. The van der Waals surface area contributed by atoms with E-state index in [9.17, 15) is 5.11 Å². The Kier molecular flexibility index (Phi) is 3.59. The average Bonchev–Trinajstić information content (AvgIpc) is 2.66. The highest BCUT2D eigenvalue weighted by Crippen LogP contribution is 2.12. The lowest BCUT2D eigenvalue weighted by atomic mass is 10.1. The van der Waals surface area contributed by atoms with E-state index in [0.717, 1.165) is 6.54 Å². The van der Waals surface area contributed by atoms with Crippen molar-refractivity contribution in [2.75, 3.05) is 13.2 Å². The van der Waals surface area contributed by atoms with Crippen LogP contribution in [0.2, 0.25) is 0 Å². The molecule has 1 aromatic rings. The topological polar surface area (TPSA) is 41.5 Å². The number of aryl methyl sites for hydroxylation is 2. The Morgan fingerprint density at radius 3 is 2.88 bits per heavy atom. The molecule has 2 atom stereocenters. The molecule has 1 aliphatic rings. The predicted octanol–water partition coefficient (Wildman–Crippen LogP) is 1.15. The first-order valence-corrected chi connectivity index (χ1v) is 5.72. The van der Waals surface area contributed by atoms with E-state index in [2.05, 4.69) is 37.4 Å². The van der Waals surface area contributed by atoms with Crippen LogP contribution in [0, 0.1) is 13.8 Å². The molecule has 0 bridgehead atoms. The van der Waals surface area contributed by atoms with Crippen molar-refractivity contribution in [3.8, 4) is 0 Å². The number of ether oxygens (including phenoxy) is 1. The zero-order valence-electron chi connectivity index (χ0n) is 9.86. The van der Waals surface area contributed by atoms with Gasteiger partial charge in [-0.1, -0.05) is 23.8 Å². The van der Waals surface area contributed by atoms with Crippen LogP contribution in [-0.4, -0.2) is 30.5 Å². The highest BCUT2D eigenvalue weighted by Gasteiger charge is 2.25. The monoisotopic (exact) mass is 221 g/mol. The molecular weight excluding hydrogens is 202 g/mol. The molecule has 3 nitrogen and oxygen atoms in total. The lowest BCUT2D eigenvalue weighted by molar-refractivity contribution is 0.122. The van der Waals surface area contributed by atoms with Gasteiger partial charge in [0.05, 0.1) is 25.4 Å². The van der Waals surface area contributed by atoms with Gasteiger partial charge in [0.1, 0.15) is 0 Å². The van der Waals surface area contributed by atoms with Crippen LogP contribution in [0.5, 0.6) is 0 Å². The highest BCUT2D eigenvalue weighted by molar-refractivity contribution is 5.30. The van der Waals surface area contributed by atoms with E-state index in [0.29, 0.717) is 13.2 Å². The number of aliphatic hydroxyl groups excluding tert-OH is 1. The Morgan fingerprint density at radius 2 is 2.19 bits per heavy atom. The van der Waals surface area contributed by atoms with E-state index < -0.39 is 0 Å². The SMILES string of the molecule is Cc1ccc(C)c(CNC2COCC2O)c1. The molecule has 1 fully saturated rings. The van der Waals surface area contributed by atoms with Crippen molar-refractivity contribution in [3.05, 3.63) is 34.9 Å².